The van der Waals surface area contributed by atoms with Crippen LogP contribution in [0, 0.1) is 0 Å². The average molecular weight is 426 g/mol. The van der Waals surface area contributed by atoms with Crippen LogP contribution in [0.3, 0.4) is 0 Å². The number of halogens is 1. The number of esters is 1. The van der Waals surface area contributed by atoms with Crippen LogP contribution in [0.1, 0.15) is 13.3 Å². The fourth-order valence-corrected chi connectivity index (χ4v) is 7.62. The molecule has 2 aromatic carbocycles. The molecule has 1 aliphatic rings. The van der Waals surface area contributed by atoms with E-state index in [4.69, 9.17) is 16.0 Å². The van der Waals surface area contributed by atoms with Crippen LogP contribution in [-0.2, 0) is 14.3 Å². The van der Waals surface area contributed by atoms with Crippen LogP contribution in [0.25, 0.3) is 0 Å². The molecule has 0 heterocycles. The maximum Gasteiger partial charge on any atom is 0.313 e. The highest BCUT2D eigenvalue weighted by molar-refractivity contribution is 8.10. The number of hydrogen-bond acceptors (Lipinski definition) is 3. The third-order valence-corrected chi connectivity index (χ3v) is 9.77. The molecule has 0 fully saturated rings. The number of hydrogen-bond donors (Lipinski definition) is 0. The maximum absolute atomic E-state index is 12.5. The van der Waals surface area contributed by atoms with E-state index in [9.17, 15) is 9.59 Å². The summed E-state index contributed by atoms with van der Waals surface area (Å²) in [6, 6.07) is 20.0. The van der Waals surface area contributed by atoms with Gasteiger partial charge in [0.15, 0.2) is 12.4 Å². The molecule has 0 bridgehead atoms. The number of ketones is 1. The van der Waals surface area contributed by atoms with E-state index < -0.39 is 12.6 Å². The van der Waals surface area contributed by atoms with Crippen molar-refractivity contribution in [1.29, 1.82) is 0 Å². The average Bonchev–Trinajstić information content (AvgIpc) is 2.75. The fourth-order valence-electron chi connectivity index (χ4n) is 3.35. The summed E-state index contributed by atoms with van der Waals surface area (Å²) < 4.78 is 4.89. The van der Waals surface area contributed by atoms with Crippen molar-refractivity contribution in [3.05, 3.63) is 96.6 Å². The van der Waals surface area contributed by atoms with Gasteiger partial charge in [0.05, 0.1) is 17.8 Å². The summed E-state index contributed by atoms with van der Waals surface area (Å²) in [7, 11) is 0. The second-order valence-electron chi connectivity index (χ2n) is 6.59. The van der Waals surface area contributed by atoms with Crippen molar-refractivity contribution in [2.75, 3.05) is 6.61 Å². The van der Waals surface area contributed by atoms with Gasteiger partial charge >= 0.3 is 5.97 Å². The van der Waals surface area contributed by atoms with E-state index in [1.807, 2.05) is 85.0 Å². The smallest absolute Gasteiger partial charge is 0.313 e. The first-order valence-electron chi connectivity index (χ1n) is 9.50. The molecule has 0 amide bonds. The number of carbonyl (C=O) groups is 2. The number of carbonyl (C=O) groups excluding carboxylic acids is 2. The van der Waals surface area contributed by atoms with Gasteiger partial charge in [0.1, 0.15) is 22.7 Å². The van der Waals surface area contributed by atoms with Gasteiger partial charge in [-0.05, 0) is 43.3 Å². The molecule has 3 rings (SSSR count). The van der Waals surface area contributed by atoms with Crippen molar-refractivity contribution < 1.29 is 14.3 Å². The Labute approximate surface area is 176 Å². The van der Waals surface area contributed by atoms with Crippen molar-refractivity contribution in [2.45, 2.75) is 19.0 Å². The number of benzene rings is 2. The molecule has 1 aliphatic carbocycles. The molecule has 0 spiro atoms. The number of rotatable bonds is 7. The van der Waals surface area contributed by atoms with Crippen molar-refractivity contribution in [2.24, 2.45) is 0 Å². The molecule has 0 N–H and O–H groups in total. The minimum absolute atomic E-state index is 0.176. The van der Waals surface area contributed by atoms with E-state index in [-0.39, 0.29) is 24.5 Å². The number of ether oxygens (including phenoxy) is 1. The Kier molecular flexibility index (Phi) is 7.19. The van der Waals surface area contributed by atoms with E-state index in [0.717, 1.165) is 16.2 Å². The van der Waals surface area contributed by atoms with Gasteiger partial charge in [-0.15, -0.1) is 0 Å². The lowest BCUT2D eigenvalue weighted by Crippen LogP contribution is -2.28. The zero-order valence-corrected chi connectivity index (χ0v) is 17.9. The molecule has 1 unspecified atom stereocenters. The molecule has 0 radical (unpaired) electrons. The molecular weight excluding hydrogens is 403 g/mol. The van der Waals surface area contributed by atoms with Gasteiger partial charge in [-0.25, -0.2) is 0 Å². The maximum atomic E-state index is 12.5. The number of allylic oxidation sites excluding steroid dienone is 6. The highest BCUT2D eigenvalue weighted by Crippen LogP contribution is 2.68. The standard InChI is InChI=1S/C24H23ClO3P/c1-2-28-24(27)18-20(26)17-19-11-9-10-16-23(19)29(25,21-12-5-3-6-13-21)22-14-7-4-8-15-22/h3-17,23H,2,18H2,1H3/q+1. The second-order valence-corrected chi connectivity index (χ2v) is 11.1. The molecule has 3 nitrogen and oxygen atoms in total. The van der Waals surface area contributed by atoms with Crippen molar-refractivity contribution >= 4 is 40.2 Å². The lowest BCUT2D eigenvalue weighted by molar-refractivity contribution is -0.144. The van der Waals surface area contributed by atoms with Gasteiger partial charge in [-0.1, -0.05) is 54.6 Å². The van der Waals surface area contributed by atoms with Gasteiger partial charge in [0.2, 0.25) is 0 Å². The van der Waals surface area contributed by atoms with Crippen LogP contribution < -0.4 is 10.6 Å². The van der Waals surface area contributed by atoms with Gasteiger partial charge < -0.3 is 4.74 Å². The monoisotopic (exact) mass is 425 g/mol. The third-order valence-electron chi connectivity index (χ3n) is 4.63. The van der Waals surface area contributed by atoms with E-state index in [1.54, 1.807) is 6.92 Å². The van der Waals surface area contributed by atoms with Crippen molar-refractivity contribution in [1.82, 2.24) is 0 Å². The predicted molar refractivity (Wildman–Crippen MR) is 121 cm³/mol. The Hall–Kier alpha value is -2.48. The van der Waals surface area contributed by atoms with Crippen LogP contribution in [-0.4, -0.2) is 24.0 Å². The van der Waals surface area contributed by atoms with Gasteiger partial charge in [0, 0.05) is 5.57 Å². The van der Waals surface area contributed by atoms with Gasteiger partial charge in [-0.2, -0.15) is 0 Å². The van der Waals surface area contributed by atoms with E-state index in [1.165, 1.54) is 6.08 Å². The highest BCUT2D eigenvalue weighted by atomic mass is 35.7. The zero-order valence-electron chi connectivity index (χ0n) is 16.2. The summed E-state index contributed by atoms with van der Waals surface area (Å²) in [5, 5.41) is 2.09. The van der Waals surface area contributed by atoms with Crippen LogP contribution in [0.15, 0.2) is 96.6 Å². The minimum atomic E-state index is -2.41. The molecular formula is C24H23ClO3P+. The SMILES string of the molecule is CCOC(=O)CC(=O)C=C1C=CC=CC1[P+](Cl)(c1ccccc1)c1ccccc1. The highest BCUT2D eigenvalue weighted by Gasteiger charge is 2.50. The molecule has 0 aromatic heterocycles. The first-order chi connectivity index (χ1) is 14.1. The quantitative estimate of drug-likeness (QED) is 0.278. The first kappa shape index (κ1) is 21.2. The predicted octanol–water partition coefficient (Wildman–Crippen LogP) is 4.75. The summed E-state index contributed by atoms with van der Waals surface area (Å²) in [5.74, 6) is -0.799. The third kappa shape index (κ3) is 4.93. The van der Waals surface area contributed by atoms with Gasteiger partial charge in [-0.3, -0.25) is 9.59 Å². The molecule has 0 saturated carbocycles. The molecule has 0 saturated heterocycles. The Morgan fingerprint density at radius 1 is 1.00 bits per heavy atom. The van der Waals surface area contributed by atoms with Crippen LogP contribution in [0.4, 0.5) is 0 Å². The normalized spacial score (nSPS) is 17.3. The Morgan fingerprint density at radius 2 is 1.59 bits per heavy atom. The summed E-state index contributed by atoms with van der Waals surface area (Å²) in [5.41, 5.74) is 0.628. The van der Waals surface area contributed by atoms with E-state index in [2.05, 4.69) is 0 Å². The summed E-state index contributed by atoms with van der Waals surface area (Å²) in [6.07, 6.45) is 9.05. The largest absolute Gasteiger partial charge is 0.466 e. The molecule has 2 aromatic rings. The Bertz CT molecular complexity index is 909. The molecule has 29 heavy (non-hydrogen) atoms. The molecule has 0 aliphatic heterocycles. The molecule has 5 heteroatoms. The zero-order chi connectivity index (χ0) is 20.7. The van der Waals surface area contributed by atoms with Gasteiger partial charge in [0.25, 0.3) is 0 Å². The lowest BCUT2D eigenvalue weighted by Gasteiger charge is -2.28. The summed E-state index contributed by atoms with van der Waals surface area (Å²) >= 11 is 7.48. The van der Waals surface area contributed by atoms with Crippen LogP contribution in [0.5, 0.6) is 0 Å². The Morgan fingerprint density at radius 3 is 2.14 bits per heavy atom. The molecule has 1 atom stereocenters. The fraction of sp³-hybridized carbons (Fsp3) is 0.167. The van der Waals surface area contributed by atoms with E-state index in [0.29, 0.717) is 0 Å². The first-order valence-corrected chi connectivity index (χ1v) is 12.3. The minimum Gasteiger partial charge on any atom is -0.466 e. The van der Waals surface area contributed by atoms with Crippen LogP contribution in [0.2, 0.25) is 0 Å². The van der Waals surface area contributed by atoms with Crippen molar-refractivity contribution in [3.63, 3.8) is 0 Å². The van der Waals surface area contributed by atoms with E-state index >= 15 is 0 Å². The van der Waals surface area contributed by atoms with Crippen LogP contribution >= 0.6 is 17.9 Å². The summed E-state index contributed by atoms with van der Waals surface area (Å²) in [4.78, 5) is 24.2. The second kappa shape index (κ2) is 9.82. The molecule has 148 valence electrons. The Balaban J connectivity index is 2.03. The topological polar surface area (TPSA) is 43.4 Å². The lowest BCUT2D eigenvalue weighted by atomic mass is 10.0. The summed E-state index contributed by atoms with van der Waals surface area (Å²) in [6.45, 7) is -0.435. The van der Waals surface area contributed by atoms with Crippen molar-refractivity contribution in [3.8, 4) is 0 Å².